The number of aromatic nitrogens is 2. The lowest BCUT2D eigenvalue weighted by Gasteiger charge is -2.19. The number of nitrogens with one attached hydrogen (secondary N) is 1. The number of benzene rings is 1. The average molecular weight is 312 g/mol. The van der Waals surface area contributed by atoms with E-state index in [-0.39, 0.29) is 10.5 Å². The number of carbonyl (C=O) groups excluding carboxylic acids is 1. The van der Waals surface area contributed by atoms with Crippen LogP contribution in [0.4, 0.5) is 8.78 Å². The Hall–Kier alpha value is -2.02. The van der Waals surface area contributed by atoms with Crippen molar-refractivity contribution in [2.45, 2.75) is 19.4 Å². The van der Waals surface area contributed by atoms with E-state index in [2.05, 4.69) is 4.98 Å². The lowest BCUT2D eigenvalue weighted by atomic mass is 10.0. The minimum atomic E-state index is -0.676. The summed E-state index contributed by atoms with van der Waals surface area (Å²) in [6.45, 7) is 1.84. The molecule has 0 aliphatic rings. The van der Waals surface area contributed by atoms with E-state index in [1.165, 1.54) is 30.0 Å². The average Bonchev–Trinajstić information content (AvgIpc) is 2.80. The van der Waals surface area contributed by atoms with E-state index in [4.69, 9.17) is 17.0 Å². The maximum Gasteiger partial charge on any atom is 0.356 e. The number of hydrogen-bond donors (Lipinski definition) is 1. The summed E-state index contributed by atoms with van der Waals surface area (Å²) in [5, 5.41) is 0. The summed E-state index contributed by atoms with van der Waals surface area (Å²) in [7, 11) is 1.26. The van der Waals surface area contributed by atoms with E-state index in [1.54, 1.807) is 0 Å². The molecule has 0 aliphatic heterocycles. The molecule has 112 valence electrons. The molecule has 21 heavy (non-hydrogen) atoms. The highest BCUT2D eigenvalue weighted by molar-refractivity contribution is 7.71. The number of hydrogen-bond acceptors (Lipinski definition) is 3. The highest BCUT2D eigenvalue weighted by atomic mass is 32.1. The smallest absolute Gasteiger partial charge is 0.356 e. The molecule has 4 nitrogen and oxygen atoms in total. The molecule has 0 aliphatic carbocycles. The highest BCUT2D eigenvalue weighted by Gasteiger charge is 2.21. The largest absolute Gasteiger partial charge is 0.464 e. The second-order valence-corrected chi connectivity index (χ2v) is 4.85. The molecule has 0 bridgehead atoms. The fourth-order valence-electron chi connectivity index (χ4n) is 2.28. The van der Waals surface area contributed by atoms with Crippen molar-refractivity contribution >= 4 is 18.2 Å². The maximum absolute atomic E-state index is 13.4. The van der Waals surface area contributed by atoms with Crippen LogP contribution in [0, 0.1) is 16.4 Å². The quantitative estimate of drug-likeness (QED) is 0.693. The first-order valence-corrected chi connectivity index (χ1v) is 6.73. The maximum atomic E-state index is 13.4. The minimum absolute atomic E-state index is 0.207. The van der Waals surface area contributed by atoms with Gasteiger partial charge in [0.25, 0.3) is 0 Å². The Morgan fingerprint density at radius 1 is 1.38 bits per heavy atom. The first-order chi connectivity index (χ1) is 9.97. The molecule has 0 saturated heterocycles. The zero-order valence-electron chi connectivity index (χ0n) is 11.5. The van der Waals surface area contributed by atoms with Crippen LogP contribution in [-0.2, 0) is 4.74 Å². The molecule has 1 N–H and O–H groups in total. The molecule has 0 saturated carbocycles. The van der Waals surface area contributed by atoms with Gasteiger partial charge in [0.2, 0.25) is 0 Å². The van der Waals surface area contributed by atoms with Crippen LogP contribution in [-0.4, -0.2) is 22.6 Å². The second kappa shape index (κ2) is 6.17. The monoisotopic (exact) mass is 312 g/mol. The van der Waals surface area contributed by atoms with Crippen molar-refractivity contribution in [2.75, 3.05) is 7.11 Å². The lowest BCUT2D eigenvalue weighted by molar-refractivity contribution is 0.0586. The molecule has 1 aromatic carbocycles. The van der Waals surface area contributed by atoms with Crippen molar-refractivity contribution in [1.82, 2.24) is 9.55 Å². The number of nitrogens with zero attached hydrogens (tertiary/aromatic N) is 1. The first kappa shape index (κ1) is 15.4. The number of rotatable bonds is 4. The molecule has 1 aromatic heterocycles. The molecule has 2 aromatic rings. The predicted octanol–water partition coefficient (Wildman–Crippen LogP) is 3.61. The van der Waals surface area contributed by atoms with Gasteiger partial charge < -0.3 is 14.3 Å². The Labute approximate surface area is 125 Å². The summed E-state index contributed by atoms with van der Waals surface area (Å²) in [5.41, 5.74) is 0.606. The summed E-state index contributed by atoms with van der Waals surface area (Å²) in [4.78, 5) is 14.5. The fourth-order valence-corrected chi connectivity index (χ4v) is 2.57. The van der Waals surface area contributed by atoms with Gasteiger partial charge in [-0.3, -0.25) is 0 Å². The molecule has 1 unspecified atom stereocenters. The van der Waals surface area contributed by atoms with Gasteiger partial charge in [-0.25, -0.2) is 13.6 Å². The molecule has 0 spiro atoms. The summed E-state index contributed by atoms with van der Waals surface area (Å²) >= 11 is 5.16. The third-order valence-electron chi connectivity index (χ3n) is 3.17. The molecule has 0 amide bonds. The van der Waals surface area contributed by atoms with E-state index in [0.717, 1.165) is 6.07 Å². The summed E-state index contributed by atoms with van der Waals surface area (Å²) in [6, 6.07) is 2.79. The van der Waals surface area contributed by atoms with Crippen LogP contribution < -0.4 is 0 Å². The molecular formula is C14H14F2N2O2S. The molecule has 2 rings (SSSR count). The van der Waals surface area contributed by atoms with Crippen LogP contribution in [0.5, 0.6) is 0 Å². The number of aromatic amines is 1. The van der Waals surface area contributed by atoms with E-state index in [1.807, 2.05) is 6.92 Å². The van der Waals surface area contributed by atoms with Crippen molar-refractivity contribution in [3.63, 3.8) is 0 Å². The number of H-pyrrole nitrogens is 1. The Morgan fingerprint density at radius 2 is 2.00 bits per heavy atom. The topological polar surface area (TPSA) is 47.0 Å². The van der Waals surface area contributed by atoms with Gasteiger partial charge in [0.15, 0.2) is 4.77 Å². The van der Waals surface area contributed by atoms with Gasteiger partial charge in [0.1, 0.15) is 17.3 Å². The van der Waals surface area contributed by atoms with Crippen LogP contribution in [0.25, 0.3) is 0 Å². The number of esters is 1. The highest BCUT2D eigenvalue weighted by Crippen LogP contribution is 2.26. The number of carbonyl (C=O) groups is 1. The van der Waals surface area contributed by atoms with Gasteiger partial charge in [0.05, 0.1) is 13.2 Å². The zero-order chi connectivity index (χ0) is 15.6. The summed E-state index contributed by atoms with van der Waals surface area (Å²) < 4.78 is 33.3. The molecular weight excluding hydrogens is 298 g/mol. The number of ether oxygens (including phenoxy) is 1. The van der Waals surface area contributed by atoms with Crippen molar-refractivity contribution in [1.29, 1.82) is 0 Å². The van der Waals surface area contributed by atoms with Crippen LogP contribution in [0.15, 0.2) is 24.4 Å². The van der Waals surface area contributed by atoms with Gasteiger partial charge in [-0.15, -0.1) is 0 Å². The third-order valence-corrected chi connectivity index (χ3v) is 3.49. The van der Waals surface area contributed by atoms with Crippen molar-refractivity contribution in [3.8, 4) is 0 Å². The number of halogens is 2. The Kier molecular flexibility index (Phi) is 4.52. The van der Waals surface area contributed by atoms with E-state index >= 15 is 0 Å². The fraction of sp³-hybridized carbons (Fsp3) is 0.286. The minimum Gasteiger partial charge on any atom is -0.464 e. The summed E-state index contributed by atoms with van der Waals surface area (Å²) in [6.07, 6.45) is 1.92. The Bertz CT molecular complexity index is 704. The van der Waals surface area contributed by atoms with Crippen molar-refractivity contribution < 1.29 is 18.3 Å². The molecule has 7 heteroatoms. The van der Waals surface area contributed by atoms with E-state index in [0.29, 0.717) is 12.0 Å². The lowest BCUT2D eigenvalue weighted by Crippen LogP contribution is -2.17. The SMILES string of the molecule is CCC(c1cc(F)cc(F)c1)n1c(C(=O)OC)c[nH]c1=S. The number of imidazole rings is 1. The van der Waals surface area contributed by atoms with Gasteiger partial charge in [0, 0.05) is 12.3 Å². The zero-order valence-corrected chi connectivity index (χ0v) is 12.3. The standard InChI is InChI=1S/C14H14F2N2O2S/c1-3-11(8-4-9(15)6-10(16)5-8)18-12(13(19)20-2)7-17-14(18)21/h4-7,11H,3H2,1-2H3,(H,17,21). The van der Waals surface area contributed by atoms with E-state index < -0.39 is 23.6 Å². The predicted molar refractivity (Wildman–Crippen MR) is 75.7 cm³/mol. The van der Waals surface area contributed by atoms with Crippen LogP contribution in [0.3, 0.4) is 0 Å². The summed E-state index contributed by atoms with van der Waals surface area (Å²) in [5.74, 6) is -1.92. The molecule has 1 atom stereocenters. The molecule has 0 fully saturated rings. The van der Waals surface area contributed by atoms with Crippen LogP contribution >= 0.6 is 12.2 Å². The van der Waals surface area contributed by atoms with Crippen LogP contribution in [0.2, 0.25) is 0 Å². The van der Waals surface area contributed by atoms with Gasteiger partial charge >= 0.3 is 5.97 Å². The normalized spacial score (nSPS) is 12.2. The van der Waals surface area contributed by atoms with Crippen molar-refractivity contribution in [3.05, 3.63) is 52.1 Å². The third kappa shape index (κ3) is 3.02. The van der Waals surface area contributed by atoms with Gasteiger partial charge in [-0.2, -0.15) is 0 Å². The Morgan fingerprint density at radius 3 is 2.52 bits per heavy atom. The number of methoxy groups -OCH3 is 1. The van der Waals surface area contributed by atoms with E-state index in [9.17, 15) is 13.6 Å². The Balaban J connectivity index is 2.59. The van der Waals surface area contributed by atoms with Gasteiger partial charge in [-0.1, -0.05) is 6.92 Å². The molecule has 1 heterocycles. The second-order valence-electron chi connectivity index (χ2n) is 4.47. The van der Waals surface area contributed by atoms with Gasteiger partial charge in [-0.05, 0) is 36.3 Å². The van der Waals surface area contributed by atoms with Crippen LogP contribution in [0.1, 0.15) is 35.4 Å². The molecule has 0 radical (unpaired) electrons. The first-order valence-electron chi connectivity index (χ1n) is 6.32. The van der Waals surface area contributed by atoms with Crippen molar-refractivity contribution in [2.24, 2.45) is 0 Å².